The maximum absolute atomic E-state index is 12.1. The van der Waals surface area contributed by atoms with Crippen LogP contribution in [-0.2, 0) is 11.2 Å². The number of nitriles is 1. The van der Waals surface area contributed by atoms with Crippen LogP contribution in [0.3, 0.4) is 0 Å². The van der Waals surface area contributed by atoms with Gasteiger partial charge in [-0.1, -0.05) is 6.92 Å². The molecule has 0 unspecified atom stereocenters. The van der Waals surface area contributed by atoms with Crippen LogP contribution in [0.4, 0.5) is 0 Å². The summed E-state index contributed by atoms with van der Waals surface area (Å²) in [5.74, 6) is -0.834. The van der Waals surface area contributed by atoms with Crippen molar-refractivity contribution in [3.63, 3.8) is 0 Å². The zero-order valence-corrected chi connectivity index (χ0v) is 13.9. The van der Waals surface area contributed by atoms with Crippen LogP contribution in [0.5, 0.6) is 11.5 Å². The number of phenolic OH excluding ortho intramolecular Hbond substituents is 1. The third kappa shape index (κ3) is 6.29. The van der Waals surface area contributed by atoms with Gasteiger partial charge in [0.15, 0.2) is 5.78 Å². The number of carbonyl (C=O) groups is 2. The SMILES string of the molecule is CCc1cc(C(=O)CCCC(=O)O)c(O)cc1OCCCCC#N. The smallest absolute Gasteiger partial charge is 0.303 e. The van der Waals surface area contributed by atoms with E-state index >= 15 is 0 Å². The summed E-state index contributed by atoms with van der Waals surface area (Å²) in [6.45, 7) is 2.37. The van der Waals surface area contributed by atoms with Crippen molar-refractivity contribution in [3.05, 3.63) is 23.3 Å². The van der Waals surface area contributed by atoms with Gasteiger partial charge in [0.05, 0.1) is 18.2 Å². The molecule has 1 rings (SSSR count). The fraction of sp³-hybridized carbons (Fsp3) is 0.500. The van der Waals surface area contributed by atoms with Gasteiger partial charge in [-0.3, -0.25) is 9.59 Å². The molecule has 0 aliphatic heterocycles. The Hall–Kier alpha value is -2.55. The fourth-order valence-electron chi connectivity index (χ4n) is 2.27. The number of carboxylic acid groups (broad SMARTS) is 1. The number of ketones is 1. The minimum Gasteiger partial charge on any atom is -0.507 e. The van der Waals surface area contributed by atoms with E-state index < -0.39 is 5.97 Å². The molecule has 1 aromatic rings. The second-order valence-corrected chi connectivity index (χ2v) is 5.46. The number of ether oxygens (including phenoxy) is 1. The molecule has 0 saturated heterocycles. The largest absolute Gasteiger partial charge is 0.507 e. The van der Waals surface area contributed by atoms with Gasteiger partial charge >= 0.3 is 5.97 Å². The van der Waals surface area contributed by atoms with Crippen molar-refractivity contribution in [2.75, 3.05) is 6.61 Å². The van der Waals surface area contributed by atoms with Crippen LogP contribution in [0.15, 0.2) is 12.1 Å². The number of hydrogen-bond acceptors (Lipinski definition) is 5. The van der Waals surface area contributed by atoms with E-state index in [4.69, 9.17) is 15.1 Å². The Bertz CT molecular complexity index is 619. The number of nitrogens with zero attached hydrogens (tertiary/aromatic N) is 1. The summed E-state index contributed by atoms with van der Waals surface area (Å²) in [7, 11) is 0. The Morgan fingerprint density at radius 2 is 1.96 bits per heavy atom. The quantitative estimate of drug-likeness (QED) is 0.474. The second kappa shape index (κ2) is 10.3. The van der Waals surface area contributed by atoms with Crippen LogP contribution in [0.25, 0.3) is 0 Å². The van der Waals surface area contributed by atoms with Crippen LogP contribution < -0.4 is 4.74 Å². The molecule has 0 atom stereocenters. The van der Waals surface area contributed by atoms with E-state index in [1.807, 2.05) is 6.92 Å². The van der Waals surface area contributed by atoms with Crippen LogP contribution in [0.2, 0.25) is 0 Å². The molecular weight excluding hydrogens is 310 g/mol. The van der Waals surface area contributed by atoms with Gasteiger partial charge in [0, 0.05) is 25.3 Å². The molecule has 24 heavy (non-hydrogen) atoms. The highest BCUT2D eigenvalue weighted by Crippen LogP contribution is 2.30. The van der Waals surface area contributed by atoms with Crippen molar-refractivity contribution in [2.45, 2.75) is 51.9 Å². The number of aliphatic carboxylic acids is 1. The fourth-order valence-corrected chi connectivity index (χ4v) is 2.27. The van der Waals surface area contributed by atoms with Crippen molar-refractivity contribution in [3.8, 4) is 17.6 Å². The lowest BCUT2D eigenvalue weighted by atomic mass is 10.00. The van der Waals surface area contributed by atoms with E-state index in [-0.39, 0.29) is 36.4 Å². The molecule has 0 aliphatic carbocycles. The molecule has 0 aliphatic rings. The Labute approximate surface area is 141 Å². The van der Waals surface area contributed by atoms with E-state index in [1.165, 1.54) is 6.07 Å². The summed E-state index contributed by atoms with van der Waals surface area (Å²) >= 11 is 0. The zero-order chi connectivity index (χ0) is 17.9. The Morgan fingerprint density at radius 1 is 1.21 bits per heavy atom. The van der Waals surface area contributed by atoms with Crippen LogP contribution in [0.1, 0.15) is 61.4 Å². The second-order valence-electron chi connectivity index (χ2n) is 5.46. The molecule has 2 N–H and O–H groups in total. The van der Waals surface area contributed by atoms with Gasteiger partial charge < -0.3 is 14.9 Å². The highest BCUT2D eigenvalue weighted by atomic mass is 16.5. The Morgan fingerprint density at radius 3 is 2.58 bits per heavy atom. The third-order valence-electron chi connectivity index (χ3n) is 3.60. The number of benzene rings is 1. The molecule has 1 aromatic carbocycles. The number of carbonyl (C=O) groups excluding carboxylic acids is 1. The number of carboxylic acids is 1. The standard InChI is InChI=1S/C18H23NO5/c1-2-13-11-14(15(20)7-6-8-18(22)23)16(21)12-17(13)24-10-5-3-4-9-19/h11-12,21H,2-8,10H2,1H3,(H,22,23). The minimum absolute atomic E-state index is 0.0724. The first kappa shape index (κ1) is 19.5. The van der Waals surface area contributed by atoms with Crippen molar-refractivity contribution in [1.29, 1.82) is 5.26 Å². The molecular formula is C18H23NO5. The number of Topliss-reactive ketones (excluding diaryl/α,β-unsaturated/α-hetero) is 1. The normalized spacial score (nSPS) is 10.2. The van der Waals surface area contributed by atoms with Gasteiger partial charge in [0.25, 0.3) is 0 Å². The van der Waals surface area contributed by atoms with E-state index in [0.29, 0.717) is 25.2 Å². The average Bonchev–Trinajstić information content (AvgIpc) is 2.54. The maximum Gasteiger partial charge on any atom is 0.303 e. The maximum atomic E-state index is 12.1. The summed E-state index contributed by atoms with van der Waals surface area (Å²) in [5.41, 5.74) is 1.02. The zero-order valence-electron chi connectivity index (χ0n) is 13.9. The van der Waals surface area contributed by atoms with Crippen LogP contribution in [0, 0.1) is 11.3 Å². The summed E-state index contributed by atoms with van der Waals surface area (Å²) in [6, 6.07) is 5.12. The van der Waals surface area contributed by atoms with Gasteiger partial charge in [0.2, 0.25) is 0 Å². The van der Waals surface area contributed by atoms with Gasteiger partial charge in [-0.25, -0.2) is 0 Å². The van der Waals surface area contributed by atoms with E-state index in [2.05, 4.69) is 6.07 Å². The highest BCUT2D eigenvalue weighted by molar-refractivity contribution is 5.99. The molecule has 0 bridgehead atoms. The van der Waals surface area contributed by atoms with Crippen LogP contribution in [-0.4, -0.2) is 28.6 Å². The molecule has 0 radical (unpaired) electrons. The van der Waals surface area contributed by atoms with Crippen molar-refractivity contribution in [2.24, 2.45) is 0 Å². The van der Waals surface area contributed by atoms with Crippen molar-refractivity contribution < 1.29 is 24.5 Å². The molecule has 6 nitrogen and oxygen atoms in total. The van der Waals surface area contributed by atoms with E-state index in [0.717, 1.165) is 18.4 Å². The summed E-state index contributed by atoms with van der Waals surface area (Å²) in [4.78, 5) is 22.6. The van der Waals surface area contributed by atoms with E-state index in [9.17, 15) is 14.7 Å². The summed E-state index contributed by atoms with van der Waals surface area (Å²) in [6.07, 6.45) is 2.88. The lowest BCUT2D eigenvalue weighted by molar-refractivity contribution is -0.137. The highest BCUT2D eigenvalue weighted by Gasteiger charge is 2.16. The first-order chi connectivity index (χ1) is 11.5. The minimum atomic E-state index is -0.943. The first-order valence-corrected chi connectivity index (χ1v) is 8.10. The topological polar surface area (TPSA) is 108 Å². The Kier molecular flexibility index (Phi) is 8.34. The number of phenols is 1. The lowest BCUT2D eigenvalue weighted by Gasteiger charge is -2.13. The van der Waals surface area contributed by atoms with Crippen molar-refractivity contribution >= 4 is 11.8 Å². The first-order valence-electron chi connectivity index (χ1n) is 8.10. The molecule has 0 saturated carbocycles. The number of aryl methyl sites for hydroxylation is 1. The predicted molar refractivity (Wildman–Crippen MR) is 88.3 cm³/mol. The van der Waals surface area contributed by atoms with Gasteiger partial charge in [-0.05, 0) is 37.3 Å². The summed E-state index contributed by atoms with van der Waals surface area (Å²) in [5, 5.41) is 27.2. The van der Waals surface area contributed by atoms with Crippen LogP contribution >= 0.6 is 0 Å². The van der Waals surface area contributed by atoms with Gasteiger partial charge in [0.1, 0.15) is 11.5 Å². The Balaban J connectivity index is 2.74. The third-order valence-corrected chi connectivity index (χ3v) is 3.60. The predicted octanol–water partition coefficient (Wildman–Crippen LogP) is 3.46. The van der Waals surface area contributed by atoms with Crippen molar-refractivity contribution in [1.82, 2.24) is 0 Å². The lowest BCUT2D eigenvalue weighted by Crippen LogP contribution is -2.05. The molecule has 6 heteroatoms. The van der Waals surface area contributed by atoms with Gasteiger partial charge in [-0.2, -0.15) is 5.26 Å². The number of hydrogen-bond donors (Lipinski definition) is 2. The molecule has 130 valence electrons. The summed E-state index contributed by atoms with van der Waals surface area (Å²) < 4.78 is 5.64. The molecule has 0 aromatic heterocycles. The number of unbranched alkanes of at least 4 members (excludes halogenated alkanes) is 2. The number of aromatic hydroxyl groups is 1. The molecule has 0 fully saturated rings. The monoisotopic (exact) mass is 333 g/mol. The molecule has 0 spiro atoms. The van der Waals surface area contributed by atoms with Gasteiger partial charge in [-0.15, -0.1) is 0 Å². The number of rotatable bonds is 11. The average molecular weight is 333 g/mol. The van der Waals surface area contributed by atoms with E-state index in [1.54, 1.807) is 6.07 Å². The molecule has 0 amide bonds. The molecule has 0 heterocycles.